The van der Waals surface area contributed by atoms with Crippen LogP contribution in [-0.4, -0.2) is 5.78 Å². The van der Waals surface area contributed by atoms with Crippen molar-refractivity contribution >= 4 is 5.78 Å². The number of unbranched alkanes of at least 4 members (excludes halogenated alkanes) is 3. The Balaban J connectivity index is 2.61. The summed E-state index contributed by atoms with van der Waals surface area (Å²) in [6.07, 6.45) is 7.77. The van der Waals surface area contributed by atoms with Gasteiger partial charge in [0.1, 0.15) is 0 Å². The Morgan fingerprint density at radius 2 is 1.65 bits per heavy atom. The van der Waals surface area contributed by atoms with Crippen LogP contribution in [0, 0.1) is 5.92 Å². The van der Waals surface area contributed by atoms with Gasteiger partial charge in [-0.3, -0.25) is 4.79 Å². The third-order valence-corrected chi connectivity index (χ3v) is 3.84. The molecule has 0 radical (unpaired) electrons. The van der Waals surface area contributed by atoms with E-state index in [9.17, 15) is 4.79 Å². The number of Topliss-reactive ketones (excluding diaryl/α,β-unsaturated/α-hetero) is 1. The molecule has 0 aromatic rings. The normalized spacial score (nSPS) is 20.5. The molecule has 0 saturated carbocycles. The molecule has 0 saturated heterocycles. The zero-order valence-electron chi connectivity index (χ0n) is 11.6. The summed E-state index contributed by atoms with van der Waals surface area (Å²) in [7, 11) is 0. The maximum absolute atomic E-state index is 12.3. The quantitative estimate of drug-likeness (QED) is 0.577. The number of hydrogen-bond acceptors (Lipinski definition) is 1. The van der Waals surface area contributed by atoms with Crippen molar-refractivity contribution in [3.8, 4) is 0 Å². The molecule has 1 aliphatic rings. The fourth-order valence-electron chi connectivity index (χ4n) is 2.83. The van der Waals surface area contributed by atoms with Gasteiger partial charge in [-0.2, -0.15) is 0 Å². The van der Waals surface area contributed by atoms with Crippen LogP contribution in [0.2, 0.25) is 0 Å². The van der Waals surface area contributed by atoms with Crippen LogP contribution < -0.4 is 0 Å². The highest BCUT2D eigenvalue weighted by Crippen LogP contribution is 2.38. The summed E-state index contributed by atoms with van der Waals surface area (Å²) in [5, 5.41) is 0. The largest absolute Gasteiger partial charge is 0.294 e. The predicted octanol–water partition coefficient (Wildman–Crippen LogP) is 4.83. The molecule has 17 heavy (non-hydrogen) atoms. The van der Waals surface area contributed by atoms with E-state index < -0.39 is 0 Å². The Morgan fingerprint density at radius 1 is 1.00 bits per heavy atom. The van der Waals surface area contributed by atoms with Gasteiger partial charge >= 0.3 is 0 Å². The molecule has 0 amide bonds. The van der Waals surface area contributed by atoms with Crippen molar-refractivity contribution in [3.63, 3.8) is 0 Å². The minimum absolute atomic E-state index is 0.108. The van der Waals surface area contributed by atoms with E-state index in [1.165, 1.54) is 24.8 Å². The molecular formula is C16H26O. The van der Waals surface area contributed by atoms with Crippen molar-refractivity contribution in [1.82, 2.24) is 0 Å². The Labute approximate surface area is 106 Å². The van der Waals surface area contributed by atoms with Crippen molar-refractivity contribution in [2.24, 2.45) is 5.92 Å². The lowest BCUT2D eigenvalue weighted by Gasteiger charge is -2.11. The first-order chi connectivity index (χ1) is 8.17. The topological polar surface area (TPSA) is 17.1 Å². The number of carbonyl (C=O) groups excluding carboxylic acids is 1. The van der Waals surface area contributed by atoms with Crippen molar-refractivity contribution < 1.29 is 4.79 Å². The summed E-state index contributed by atoms with van der Waals surface area (Å²) >= 11 is 0. The van der Waals surface area contributed by atoms with E-state index in [4.69, 9.17) is 0 Å². The molecule has 1 atom stereocenters. The van der Waals surface area contributed by atoms with Crippen LogP contribution in [-0.2, 0) is 4.79 Å². The summed E-state index contributed by atoms with van der Waals surface area (Å²) in [5.41, 5.74) is 3.42. The van der Waals surface area contributed by atoms with Gasteiger partial charge in [-0.25, -0.2) is 0 Å². The van der Waals surface area contributed by atoms with Gasteiger partial charge in [0.05, 0.1) is 0 Å². The number of hydrogen-bond donors (Lipinski definition) is 0. The van der Waals surface area contributed by atoms with Gasteiger partial charge in [0.15, 0.2) is 5.78 Å². The van der Waals surface area contributed by atoms with E-state index in [-0.39, 0.29) is 5.92 Å². The van der Waals surface area contributed by atoms with Gasteiger partial charge in [0.2, 0.25) is 0 Å². The number of ketones is 1. The Morgan fingerprint density at radius 3 is 2.12 bits per heavy atom. The van der Waals surface area contributed by atoms with E-state index >= 15 is 0 Å². The second-order valence-electron chi connectivity index (χ2n) is 4.96. The highest BCUT2D eigenvalue weighted by Gasteiger charge is 2.33. The third-order valence-electron chi connectivity index (χ3n) is 3.84. The Bertz CT molecular complexity index is 296. The molecule has 0 aromatic heterocycles. The van der Waals surface area contributed by atoms with Crippen LogP contribution in [0.5, 0.6) is 0 Å². The average molecular weight is 234 g/mol. The second kappa shape index (κ2) is 6.78. The minimum Gasteiger partial charge on any atom is -0.294 e. The van der Waals surface area contributed by atoms with E-state index in [1.807, 2.05) is 0 Å². The van der Waals surface area contributed by atoms with E-state index in [1.54, 1.807) is 0 Å². The zero-order valence-corrected chi connectivity index (χ0v) is 11.6. The minimum atomic E-state index is 0.108. The molecule has 1 rings (SSSR count). The van der Waals surface area contributed by atoms with Crippen LogP contribution in [0.1, 0.15) is 65.7 Å². The molecule has 1 heteroatoms. The fourth-order valence-corrected chi connectivity index (χ4v) is 2.83. The number of carbonyl (C=O) groups is 1. The van der Waals surface area contributed by atoms with Crippen LogP contribution >= 0.6 is 0 Å². The molecule has 0 aromatic carbocycles. The van der Waals surface area contributed by atoms with Crippen molar-refractivity contribution in [2.75, 3.05) is 0 Å². The summed E-state index contributed by atoms with van der Waals surface area (Å²) in [6, 6.07) is 0. The Kier molecular flexibility index (Phi) is 5.67. The van der Waals surface area contributed by atoms with Crippen LogP contribution in [0.25, 0.3) is 0 Å². The van der Waals surface area contributed by atoms with Crippen LogP contribution in [0.4, 0.5) is 0 Å². The lowest BCUT2D eigenvalue weighted by atomic mass is 9.92. The molecule has 1 nitrogen and oxygen atoms in total. The molecule has 0 bridgehead atoms. The maximum atomic E-state index is 12.3. The number of rotatable bonds is 7. The van der Waals surface area contributed by atoms with Crippen molar-refractivity contribution in [1.29, 1.82) is 0 Å². The molecular weight excluding hydrogens is 208 g/mol. The van der Waals surface area contributed by atoms with Crippen LogP contribution in [0.15, 0.2) is 23.3 Å². The van der Waals surface area contributed by atoms with Gasteiger partial charge < -0.3 is 0 Å². The van der Waals surface area contributed by atoms with Gasteiger partial charge in [0.25, 0.3) is 0 Å². The number of allylic oxidation sites excluding steroid dienone is 3. The molecule has 1 aliphatic carbocycles. The van der Waals surface area contributed by atoms with Gasteiger partial charge in [-0.1, -0.05) is 53.0 Å². The predicted molar refractivity (Wildman–Crippen MR) is 74.0 cm³/mol. The summed E-state index contributed by atoms with van der Waals surface area (Å²) in [5.74, 6) is 0.475. The molecule has 1 unspecified atom stereocenters. The highest BCUT2D eigenvalue weighted by molar-refractivity contribution is 6.04. The van der Waals surface area contributed by atoms with Crippen molar-refractivity contribution in [3.05, 3.63) is 23.3 Å². The molecule has 96 valence electrons. The average Bonchev–Trinajstić information content (AvgIpc) is 2.56. The van der Waals surface area contributed by atoms with Crippen LogP contribution in [0.3, 0.4) is 0 Å². The van der Waals surface area contributed by atoms with Gasteiger partial charge in [-0.15, -0.1) is 0 Å². The maximum Gasteiger partial charge on any atom is 0.166 e. The molecule has 0 aliphatic heterocycles. The fraction of sp³-hybridized carbons (Fsp3) is 0.688. The standard InChI is InChI=1S/C16H26O/c1-5-8-9-10-11-15-12(4)13(6-2)14(7-3)16(15)17/h15H,4-11H2,1-3H3. The smallest absolute Gasteiger partial charge is 0.166 e. The summed E-state index contributed by atoms with van der Waals surface area (Å²) in [4.78, 5) is 12.3. The third kappa shape index (κ3) is 3.08. The van der Waals surface area contributed by atoms with Gasteiger partial charge in [0, 0.05) is 5.92 Å². The second-order valence-corrected chi connectivity index (χ2v) is 4.96. The molecule has 0 fully saturated rings. The molecule has 0 heterocycles. The highest BCUT2D eigenvalue weighted by atomic mass is 16.1. The van der Waals surface area contributed by atoms with E-state index in [0.717, 1.165) is 36.8 Å². The van der Waals surface area contributed by atoms with E-state index in [0.29, 0.717) is 5.78 Å². The Hall–Kier alpha value is -0.850. The van der Waals surface area contributed by atoms with Gasteiger partial charge in [-0.05, 0) is 36.0 Å². The van der Waals surface area contributed by atoms with Crippen molar-refractivity contribution in [2.45, 2.75) is 65.7 Å². The monoisotopic (exact) mass is 234 g/mol. The molecule has 0 spiro atoms. The summed E-state index contributed by atoms with van der Waals surface area (Å²) in [6.45, 7) is 10.6. The first kappa shape index (κ1) is 14.2. The van der Waals surface area contributed by atoms with E-state index in [2.05, 4.69) is 27.4 Å². The lowest BCUT2D eigenvalue weighted by Crippen LogP contribution is -2.11. The first-order valence-electron chi connectivity index (χ1n) is 7.12. The lowest BCUT2D eigenvalue weighted by molar-refractivity contribution is -0.117. The molecule has 0 N–H and O–H groups in total. The zero-order chi connectivity index (χ0) is 12.8. The first-order valence-corrected chi connectivity index (χ1v) is 7.12. The SMILES string of the molecule is C=C1C(CC)=C(CC)C(=O)C1CCCCCC. The summed E-state index contributed by atoms with van der Waals surface area (Å²) < 4.78 is 0.